The molecule has 0 aromatic rings. The van der Waals surface area contributed by atoms with E-state index < -0.39 is 0 Å². The van der Waals surface area contributed by atoms with Gasteiger partial charge in [0.1, 0.15) is 0 Å². The molecule has 48 valence electrons. The molecule has 0 amide bonds. The molecule has 0 radical (unpaired) electrons. The van der Waals surface area contributed by atoms with Crippen LogP contribution in [0.1, 0.15) is 33.1 Å². The minimum Gasteiger partial charge on any atom is -0.312 e. The van der Waals surface area contributed by atoms with Crippen molar-refractivity contribution < 1.29 is 0 Å². The van der Waals surface area contributed by atoms with Gasteiger partial charge in [-0.05, 0) is 26.2 Å². The van der Waals surface area contributed by atoms with E-state index in [9.17, 15) is 0 Å². The number of rotatable bonds is 1. The normalized spacial score (nSPS) is 38.2. The highest BCUT2D eigenvalue weighted by molar-refractivity contribution is 4.78. The Morgan fingerprint density at radius 1 is 1.50 bits per heavy atom. The molecule has 0 aromatic heterocycles. The first-order valence-electron chi connectivity index (χ1n) is 3.59. The van der Waals surface area contributed by atoms with E-state index >= 15 is 0 Å². The lowest BCUT2D eigenvalue weighted by Crippen LogP contribution is -2.25. The van der Waals surface area contributed by atoms with Gasteiger partial charge in [-0.3, -0.25) is 0 Å². The van der Waals surface area contributed by atoms with Gasteiger partial charge in [-0.15, -0.1) is 0 Å². The van der Waals surface area contributed by atoms with Crippen molar-refractivity contribution in [2.24, 2.45) is 0 Å². The molecule has 1 rings (SSSR count). The zero-order chi connectivity index (χ0) is 5.98. The van der Waals surface area contributed by atoms with Crippen LogP contribution >= 0.6 is 0 Å². The van der Waals surface area contributed by atoms with Gasteiger partial charge in [0.05, 0.1) is 0 Å². The van der Waals surface area contributed by atoms with Crippen molar-refractivity contribution in [1.29, 1.82) is 0 Å². The Morgan fingerprint density at radius 2 is 2.25 bits per heavy atom. The Balaban J connectivity index is 2.22. The molecule has 0 saturated carbocycles. The Kier molecular flexibility index (Phi) is 1.90. The van der Waals surface area contributed by atoms with Crippen molar-refractivity contribution in [3.8, 4) is 0 Å². The molecule has 1 nitrogen and oxygen atoms in total. The maximum absolute atomic E-state index is 3.50. The van der Waals surface area contributed by atoms with Crippen LogP contribution in [0.3, 0.4) is 0 Å². The molecule has 0 aliphatic carbocycles. The number of hydrogen-bond donors (Lipinski definition) is 1. The second-order valence-corrected chi connectivity index (χ2v) is 2.75. The molecule has 0 aromatic carbocycles. The molecule has 2 atom stereocenters. The smallest absolute Gasteiger partial charge is 0.00674 e. The third kappa shape index (κ3) is 1.22. The molecular weight excluding hydrogens is 98.1 g/mol. The van der Waals surface area contributed by atoms with E-state index in [-0.39, 0.29) is 0 Å². The Morgan fingerprint density at radius 3 is 2.50 bits per heavy atom. The zero-order valence-electron chi connectivity index (χ0n) is 5.78. The molecule has 8 heavy (non-hydrogen) atoms. The highest BCUT2D eigenvalue weighted by atomic mass is 15.0. The fourth-order valence-corrected chi connectivity index (χ4v) is 1.34. The van der Waals surface area contributed by atoms with Gasteiger partial charge in [0.15, 0.2) is 0 Å². The van der Waals surface area contributed by atoms with E-state index in [1.54, 1.807) is 0 Å². The lowest BCUT2D eigenvalue weighted by Gasteiger charge is -2.06. The summed E-state index contributed by atoms with van der Waals surface area (Å²) in [5.74, 6) is 0. The predicted octanol–water partition coefficient (Wildman–Crippen LogP) is 1.54. The first-order chi connectivity index (χ1) is 3.83. The van der Waals surface area contributed by atoms with Crippen molar-refractivity contribution in [2.45, 2.75) is 45.2 Å². The molecule has 1 N–H and O–H groups in total. The van der Waals surface area contributed by atoms with E-state index in [0.29, 0.717) is 0 Å². The third-order valence-electron chi connectivity index (χ3n) is 1.96. The minimum absolute atomic E-state index is 0.778. The molecule has 1 fully saturated rings. The van der Waals surface area contributed by atoms with Gasteiger partial charge in [0.25, 0.3) is 0 Å². The summed E-state index contributed by atoms with van der Waals surface area (Å²) >= 11 is 0. The van der Waals surface area contributed by atoms with Gasteiger partial charge < -0.3 is 5.32 Å². The summed E-state index contributed by atoms with van der Waals surface area (Å²) in [6, 6.07) is 1.60. The van der Waals surface area contributed by atoms with Crippen LogP contribution < -0.4 is 5.32 Å². The number of nitrogens with one attached hydrogen (secondary N) is 1. The standard InChI is InChI=1S/C7H15N/c1-3-7-5-4-6(2)8-7/h6-8H,3-5H2,1-2H3/t6-,7-/m0/s1. The van der Waals surface area contributed by atoms with Crippen molar-refractivity contribution in [2.75, 3.05) is 0 Å². The van der Waals surface area contributed by atoms with Crippen LogP contribution in [0.4, 0.5) is 0 Å². The van der Waals surface area contributed by atoms with Crippen LogP contribution in [0.5, 0.6) is 0 Å². The van der Waals surface area contributed by atoms with Crippen LogP contribution in [0, 0.1) is 0 Å². The molecule has 0 spiro atoms. The third-order valence-corrected chi connectivity index (χ3v) is 1.96. The first-order valence-corrected chi connectivity index (χ1v) is 3.59. The second-order valence-electron chi connectivity index (χ2n) is 2.75. The van der Waals surface area contributed by atoms with Crippen LogP contribution in [-0.4, -0.2) is 12.1 Å². The number of hydrogen-bond acceptors (Lipinski definition) is 1. The predicted molar refractivity (Wildman–Crippen MR) is 35.9 cm³/mol. The van der Waals surface area contributed by atoms with E-state index in [1.807, 2.05) is 0 Å². The quantitative estimate of drug-likeness (QED) is 0.544. The first kappa shape index (κ1) is 6.09. The summed E-state index contributed by atoms with van der Waals surface area (Å²) in [7, 11) is 0. The maximum atomic E-state index is 3.50. The highest BCUT2D eigenvalue weighted by Gasteiger charge is 2.17. The molecule has 1 aliphatic heterocycles. The lowest BCUT2D eigenvalue weighted by atomic mass is 10.2. The molecule has 1 saturated heterocycles. The van der Waals surface area contributed by atoms with Gasteiger partial charge in [-0.2, -0.15) is 0 Å². The molecular formula is C7H15N. The van der Waals surface area contributed by atoms with Crippen LogP contribution in [0.15, 0.2) is 0 Å². The molecule has 0 unspecified atom stereocenters. The summed E-state index contributed by atoms with van der Waals surface area (Å²) in [4.78, 5) is 0. The summed E-state index contributed by atoms with van der Waals surface area (Å²) in [6.45, 7) is 4.51. The average molecular weight is 113 g/mol. The van der Waals surface area contributed by atoms with Crippen LogP contribution in [0.25, 0.3) is 0 Å². The zero-order valence-corrected chi connectivity index (χ0v) is 5.78. The van der Waals surface area contributed by atoms with E-state index in [2.05, 4.69) is 19.2 Å². The van der Waals surface area contributed by atoms with Crippen LogP contribution in [-0.2, 0) is 0 Å². The van der Waals surface area contributed by atoms with Crippen molar-refractivity contribution in [3.05, 3.63) is 0 Å². The molecule has 1 aliphatic rings. The molecule has 1 heteroatoms. The molecule has 1 heterocycles. The van der Waals surface area contributed by atoms with Crippen molar-refractivity contribution in [3.63, 3.8) is 0 Å². The summed E-state index contributed by atoms with van der Waals surface area (Å²) in [6.07, 6.45) is 4.06. The van der Waals surface area contributed by atoms with Crippen LogP contribution in [0.2, 0.25) is 0 Å². The lowest BCUT2D eigenvalue weighted by molar-refractivity contribution is 0.548. The van der Waals surface area contributed by atoms with Gasteiger partial charge in [-0.1, -0.05) is 6.92 Å². The fraction of sp³-hybridized carbons (Fsp3) is 1.00. The van der Waals surface area contributed by atoms with Crippen molar-refractivity contribution in [1.82, 2.24) is 5.32 Å². The Bertz CT molecular complexity index is 70.8. The average Bonchev–Trinajstić information content (AvgIpc) is 2.14. The van der Waals surface area contributed by atoms with E-state index in [0.717, 1.165) is 12.1 Å². The van der Waals surface area contributed by atoms with Gasteiger partial charge >= 0.3 is 0 Å². The fourth-order valence-electron chi connectivity index (χ4n) is 1.34. The summed E-state index contributed by atoms with van der Waals surface area (Å²) in [5, 5.41) is 3.50. The van der Waals surface area contributed by atoms with E-state index in [4.69, 9.17) is 0 Å². The SMILES string of the molecule is CC[C@H]1CC[C@H](C)N1. The molecule has 0 bridgehead atoms. The van der Waals surface area contributed by atoms with Gasteiger partial charge in [0, 0.05) is 12.1 Å². The second kappa shape index (κ2) is 2.49. The summed E-state index contributed by atoms with van der Waals surface area (Å²) in [5.41, 5.74) is 0. The largest absolute Gasteiger partial charge is 0.312 e. The van der Waals surface area contributed by atoms with Gasteiger partial charge in [-0.25, -0.2) is 0 Å². The summed E-state index contributed by atoms with van der Waals surface area (Å²) < 4.78 is 0. The van der Waals surface area contributed by atoms with E-state index in [1.165, 1.54) is 19.3 Å². The monoisotopic (exact) mass is 113 g/mol. The van der Waals surface area contributed by atoms with Crippen molar-refractivity contribution >= 4 is 0 Å². The van der Waals surface area contributed by atoms with Gasteiger partial charge in [0.2, 0.25) is 0 Å². The topological polar surface area (TPSA) is 12.0 Å². The minimum atomic E-state index is 0.778. The Labute approximate surface area is 51.5 Å². The Hall–Kier alpha value is -0.0400. The maximum Gasteiger partial charge on any atom is 0.00674 e. The highest BCUT2D eigenvalue weighted by Crippen LogP contribution is 2.13.